The Bertz CT molecular complexity index is 185. The largest absolute Gasteiger partial charge is 0.343 e. The van der Waals surface area contributed by atoms with E-state index in [0.29, 0.717) is 19.4 Å². The number of nitrogens with two attached hydrogens (primary N) is 1. The molecule has 0 aliphatic carbocycles. The van der Waals surface area contributed by atoms with Gasteiger partial charge in [0.25, 0.3) is 0 Å². The second kappa shape index (κ2) is 5.56. The highest BCUT2D eigenvalue weighted by atomic mass is 16.2. The molecule has 0 aromatic rings. The highest BCUT2D eigenvalue weighted by Gasteiger charge is 2.14. The van der Waals surface area contributed by atoms with E-state index < -0.39 is 6.04 Å². The second-order valence-corrected chi connectivity index (χ2v) is 2.68. The number of hydrogen-bond acceptors (Lipinski definition) is 3. The normalized spacial score (nSPS) is 11.8. The van der Waals surface area contributed by atoms with Crippen LogP contribution in [0.4, 0.5) is 0 Å². The van der Waals surface area contributed by atoms with Crippen molar-refractivity contribution >= 4 is 5.91 Å². The minimum Gasteiger partial charge on any atom is -0.343 e. The zero-order valence-corrected chi connectivity index (χ0v) is 7.58. The van der Waals surface area contributed by atoms with Gasteiger partial charge in [0.2, 0.25) is 5.91 Å². The summed E-state index contributed by atoms with van der Waals surface area (Å²) in [5.74, 6) is -0.0900. The number of amides is 1. The summed E-state index contributed by atoms with van der Waals surface area (Å²) < 4.78 is 0. The molecule has 0 aliphatic rings. The average molecular weight is 169 g/mol. The lowest BCUT2D eigenvalue weighted by Gasteiger charge is -2.18. The number of nitriles is 1. The van der Waals surface area contributed by atoms with E-state index in [9.17, 15) is 4.79 Å². The summed E-state index contributed by atoms with van der Waals surface area (Å²) in [6.07, 6.45) is 0.994. The van der Waals surface area contributed by atoms with Gasteiger partial charge in [-0.15, -0.1) is 0 Å². The van der Waals surface area contributed by atoms with Gasteiger partial charge in [-0.25, -0.2) is 0 Å². The second-order valence-electron chi connectivity index (χ2n) is 2.68. The summed E-state index contributed by atoms with van der Waals surface area (Å²) in [4.78, 5) is 12.8. The Kier molecular flexibility index (Phi) is 5.06. The van der Waals surface area contributed by atoms with Crippen molar-refractivity contribution in [1.82, 2.24) is 4.90 Å². The van der Waals surface area contributed by atoms with Gasteiger partial charge >= 0.3 is 0 Å². The van der Waals surface area contributed by atoms with Crippen LogP contribution in [-0.4, -0.2) is 30.4 Å². The molecule has 0 unspecified atom stereocenters. The Morgan fingerprint density at radius 2 is 2.33 bits per heavy atom. The third-order valence-electron chi connectivity index (χ3n) is 1.69. The Hall–Kier alpha value is -1.08. The third kappa shape index (κ3) is 3.35. The Balaban J connectivity index is 3.85. The third-order valence-corrected chi connectivity index (χ3v) is 1.69. The molecule has 0 aromatic heterocycles. The first-order valence-corrected chi connectivity index (χ1v) is 4.01. The SMILES string of the molecule is CC[C@H](N)C(=O)N(C)CCC#N. The molecular weight excluding hydrogens is 154 g/mol. The van der Waals surface area contributed by atoms with Gasteiger partial charge < -0.3 is 10.6 Å². The number of carbonyl (C=O) groups is 1. The van der Waals surface area contributed by atoms with Gasteiger partial charge in [-0.2, -0.15) is 5.26 Å². The molecular formula is C8H15N3O. The summed E-state index contributed by atoms with van der Waals surface area (Å²) in [6.45, 7) is 2.32. The Morgan fingerprint density at radius 1 is 1.75 bits per heavy atom. The zero-order chi connectivity index (χ0) is 9.56. The molecule has 0 saturated carbocycles. The molecule has 0 bridgehead atoms. The molecule has 0 spiro atoms. The van der Waals surface area contributed by atoms with Crippen LogP contribution in [-0.2, 0) is 4.79 Å². The fourth-order valence-corrected chi connectivity index (χ4v) is 0.786. The van der Waals surface area contributed by atoms with E-state index in [4.69, 9.17) is 11.0 Å². The van der Waals surface area contributed by atoms with Crippen molar-refractivity contribution in [3.05, 3.63) is 0 Å². The first-order valence-electron chi connectivity index (χ1n) is 4.01. The minimum atomic E-state index is -0.423. The lowest BCUT2D eigenvalue weighted by Crippen LogP contribution is -2.41. The molecule has 4 heteroatoms. The average Bonchev–Trinajstić information content (AvgIpc) is 2.11. The van der Waals surface area contributed by atoms with Crippen molar-refractivity contribution in [3.63, 3.8) is 0 Å². The van der Waals surface area contributed by atoms with E-state index >= 15 is 0 Å². The molecule has 0 fully saturated rings. The topological polar surface area (TPSA) is 70.1 Å². The minimum absolute atomic E-state index is 0.0900. The molecule has 0 heterocycles. The van der Waals surface area contributed by atoms with Crippen LogP contribution in [0.2, 0.25) is 0 Å². The van der Waals surface area contributed by atoms with Crippen LogP contribution in [0.3, 0.4) is 0 Å². The number of likely N-dealkylation sites (N-methyl/N-ethyl adjacent to an activating group) is 1. The van der Waals surface area contributed by atoms with E-state index in [0.717, 1.165) is 0 Å². The fraction of sp³-hybridized carbons (Fsp3) is 0.750. The van der Waals surface area contributed by atoms with Crippen LogP contribution in [0.1, 0.15) is 19.8 Å². The molecule has 0 radical (unpaired) electrons. The van der Waals surface area contributed by atoms with Crippen molar-refractivity contribution in [2.24, 2.45) is 5.73 Å². The highest BCUT2D eigenvalue weighted by Crippen LogP contribution is 1.94. The molecule has 0 rings (SSSR count). The fourth-order valence-electron chi connectivity index (χ4n) is 0.786. The number of carbonyl (C=O) groups excluding carboxylic acids is 1. The van der Waals surface area contributed by atoms with Crippen molar-refractivity contribution in [1.29, 1.82) is 5.26 Å². The summed E-state index contributed by atoms with van der Waals surface area (Å²) in [7, 11) is 1.66. The molecule has 0 aromatic carbocycles. The van der Waals surface area contributed by atoms with E-state index in [1.165, 1.54) is 4.90 Å². The maximum Gasteiger partial charge on any atom is 0.239 e. The first kappa shape index (κ1) is 10.9. The van der Waals surface area contributed by atoms with Crippen molar-refractivity contribution in [2.45, 2.75) is 25.8 Å². The molecule has 0 aliphatic heterocycles. The van der Waals surface area contributed by atoms with Gasteiger partial charge in [0, 0.05) is 13.6 Å². The van der Waals surface area contributed by atoms with Gasteiger partial charge in [-0.1, -0.05) is 6.92 Å². The molecule has 1 atom stereocenters. The Morgan fingerprint density at radius 3 is 2.75 bits per heavy atom. The van der Waals surface area contributed by atoms with E-state index in [1.54, 1.807) is 7.05 Å². The van der Waals surface area contributed by atoms with Gasteiger partial charge in [0.05, 0.1) is 18.5 Å². The maximum absolute atomic E-state index is 11.3. The first-order chi connectivity index (χ1) is 5.63. The lowest BCUT2D eigenvalue weighted by molar-refractivity contribution is -0.131. The van der Waals surface area contributed by atoms with Crippen LogP contribution in [0.25, 0.3) is 0 Å². The van der Waals surface area contributed by atoms with Gasteiger partial charge in [-0.05, 0) is 6.42 Å². The highest BCUT2D eigenvalue weighted by molar-refractivity contribution is 5.81. The predicted octanol–water partition coefficient (Wildman–Crippen LogP) is 0.0958. The molecule has 12 heavy (non-hydrogen) atoms. The van der Waals surface area contributed by atoms with Crippen molar-refractivity contribution < 1.29 is 4.79 Å². The summed E-state index contributed by atoms with van der Waals surface area (Å²) in [5, 5.41) is 8.27. The van der Waals surface area contributed by atoms with Gasteiger partial charge in [0.15, 0.2) is 0 Å². The van der Waals surface area contributed by atoms with Crippen LogP contribution in [0.5, 0.6) is 0 Å². The van der Waals surface area contributed by atoms with Crippen LogP contribution in [0, 0.1) is 11.3 Å². The molecule has 0 saturated heterocycles. The van der Waals surface area contributed by atoms with Crippen molar-refractivity contribution in [3.8, 4) is 6.07 Å². The van der Waals surface area contributed by atoms with Gasteiger partial charge in [0.1, 0.15) is 0 Å². The number of nitrogens with zero attached hydrogens (tertiary/aromatic N) is 2. The summed E-state index contributed by atoms with van der Waals surface area (Å²) in [6, 6.07) is 1.55. The summed E-state index contributed by atoms with van der Waals surface area (Å²) in [5.41, 5.74) is 5.52. The molecule has 4 nitrogen and oxygen atoms in total. The van der Waals surface area contributed by atoms with Crippen LogP contribution in [0.15, 0.2) is 0 Å². The van der Waals surface area contributed by atoms with E-state index in [2.05, 4.69) is 0 Å². The van der Waals surface area contributed by atoms with Crippen LogP contribution < -0.4 is 5.73 Å². The van der Waals surface area contributed by atoms with Crippen molar-refractivity contribution in [2.75, 3.05) is 13.6 Å². The monoisotopic (exact) mass is 169 g/mol. The lowest BCUT2D eigenvalue weighted by atomic mass is 10.2. The smallest absolute Gasteiger partial charge is 0.239 e. The zero-order valence-electron chi connectivity index (χ0n) is 7.58. The number of hydrogen-bond donors (Lipinski definition) is 1. The number of rotatable bonds is 4. The van der Waals surface area contributed by atoms with E-state index in [-0.39, 0.29) is 5.91 Å². The Labute approximate surface area is 72.9 Å². The van der Waals surface area contributed by atoms with Gasteiger partial charge in [-0.3, -0.25) is 4.79 Å². The predicted molar refractivity (Wildman–Crippen MR) is 46.1 cm³/mol. The molecule has 1 amide bonds. The maximum atomic E-state index is 11.3. The quantitative estimate of drug-likeness (QED) is 0.648. The standard InChI is InChI=1S/C8H15N3O/c1-3-7(10)8(12)11(2)6-4-5-9/h7H,3-4,6,10H2,1-2H3/t7-/m0/s1. The summed E-state index contributed by atoms with van der Waals surface area (Å²) >= 11 is 0. The molecule has 2 N–H and O–H groups in total. The molecule has 68 valence electrons. The van der Waals surface area contributed by atoms with Crippen LogP contribution >= 0.6 is 0 Å². The van der Waals surface area contributed by atoms with E-state index in [1.807, 2.05) is 13.0 Å².